The van der Waals surface area contributed by atoms with Crippen LogP contribution < -0.4 is 87.2 Å². The van der Waals surface area contributed by atoms with E-state index in [0.29, 0.717) is 160 Å². The van der Waals surface area contributed by atoms with Gasteiger partial charge in [-0.1, -0.05) is 65.8 Å². The Hall–Kier alpha value is -5.78. The lowest BCUT2D eigenvalue weighted by Gasteiger charge is -2.64. The molecule has 8 fully saturated rings. The fourth-order valence-corrected chi connectivity index (χ4v) is 23.9. The molecule has 3 aromatic rings. The molecule has 4 amide bonds. The van der Waals surface area contributed by atoms with Crippen molar-refractivity contribution < 1.29 is 29.4 Å². The van der Waals surface area contributed by atoms with Crippen LogP contribution in [0.4, 0.5) is 22.7 Å². The van der Waals surface area contributed by atoms with E-state index in [1.165, 1.54) is 0 Å². The van der Waals surface area contributed by atoms with E-state index in [9.17, 15) is 48.6 Å². The van der Waals surface area contributed by atoms with Gasteiger partial charge in [0, 0.05) is 76.3 Å². The SMILES string of the molecule is CCNc1c(NCCCCC(NC(=O)CCC[C@@H](C)[C@H]2CC[C@H]3[C@@H]4[C@H](N)C[C@@H]5C[C@H](O)CC[C@]5(C)[C@H]4C[C@H](N)[C@]23C)C(=O)NCc2ccc(CNC(=O)C(CCCCNc3c(NCC)c(=O)c3=O)NC(=O)CCC[C@@H](C)[C@H]3CC[C@H]4[C@@H]5[C@H](N)C[C@@H]6C[C@H](O)CC[C@]6(C)[C@H]5C[C@H](N)[C@]34C)cc2)c(=O)c1=O. The molecule has 0 bridgehead atoms. The molecule has 0 heterocycles. The summed E-state index contributed by atoms with van der Waals surface area (Å²) in [7, 11) is 0. The molecule has 22 nitrogen and oxygen atoms in total. The van der Waals surface area contributed by atoms with Crippen molar-refractivity contribution in [2.24, 2.45) is 116 Å². The summed E-state index contributed by atoms with van der Waals surface area (Å²) in [6, 6.07) is 6.20. The van der Waals surface area contributed by atoms with E-state index in [2.05, 4.69) is 84.1 Å². The van der Waals surface area contributed by atoms with Crippen LogP contribution in [0.15, 0.2) is 43.4 Å². The van der Waals surface area contributed by atoms with Crippen molar-refractivity contribution in [1.29, 1.82) is 0 Å². The van der Waals surface area contributed by atoms with Crippen LogP contribution in [0.5, 0.6) is 0 Å². The number of anilines is 4. The Balaban J connectivity index is 0.668. The second-order valence-electron chi connectivity index (χ2n) is 35.4. The number of fused-ring (bicyclic) bond motifs is 10. The minimum Gasteiger partial charge on any atom is -0.393 e. The lowest BCUT2D eigenvalue weighted by molar-refractivity contribution is -0.143. The van der Waals surface area contributed by atoms with E-state index in [0.717, 1.165) is 114 Å². The maximum atomic E-state index is 14.2. The van der Waals surface area contributed by atoms with Gasteiger partial charge in [0.15, 0.2) is 0 Å². The molecule has 8 aliphatic rings. The minimum atomic E-state index is -0.824. The number of carbonyl (C=O) groups is 4. The molecule has 22 heteroatoms. The molecule has 0 spiro atoms. The van der Waals surface area contributed by atoms with Gasteiger partial charge in [0.1, 0.15) is 34.8 Å². The van der Waals surface area contributed by atoms with Crippen molar-refractivity contribution in [3.63, 3.8) is 0 Å². The average Bonchev–Trinajstić information content (AvgIpc) is 0.976. The third-order valence-corrected chi connectivity index (χ3v) is 29.8. The van der Waals surface area contributed by atoms with Crippen LogP contribution in [0.3, 0.4) is 0 Å². The molecular formula is C82H130N12O10. The van der Waals surface area contributed by atoms with Crippen LogP contribution in [0.25, 0.3) is 0 Å². The van der Waals surface area contributed by atoms with E-state index in [1.807, 2.05) is 38.1 Å². The van der Waals surface area contributed by atoms with E-state index >= 15 is 0 Å². The summed E-state index contributed by atoms with van der Waals surface area (Å²) in [5.74, 6) is 3.95. The number of unbranched alkanes of at least 4 members (excludes halogenated alkanes) is 2. The predicted octanol–water partition coefficient (Wildman–Crippen LogP) is 7.91. The first kappa shape index (κ1) is 79.3. The van der Waals surface area contributed by atoms with Gasteiger partial charge in [-0.3, -0.25) is 38.4 Å². The van der Waals surface area contributed by atoms with Crippen LogP contribution >= 0.6 is 0 Å². The van der Waals surface area contributed by atoms with E-state index in [4.69, 9.17) is 22.9 Å². The third kappa shape index (κ3) is 15.9. The van der Waals surface area contributed by atoms with Crippen LogP contribution in [0.1, 0.15) is 233 Å². The summed E-state index contributed by atoms with van der Waals surface area (Å²) in [6.07, 6.45) is 19.7. The van der Waals surface area contributed by atoms with Gasteiger partial charge >= 0.3 is 0 Å². The van der Waals surface area contributed by atoms with Crippen molar-refractivity contribution >= 4 is 46.4 Å². The summed E-state index contributed by atoms with van der Waals surface area (Å²) in [5.41, 5.74) is 29.8. The maximum absolute atomic E-state index is 14.2. The Morgan fingerprint density at radius 1 is 0.471 bits per heavy atom. The third-order valence-electron chi connectivity index (χ3n) is 29.8. The van der Waals surface area contributed by atoms with Crippen LogP contribution in [-0.2, 0) is 32.3 Å². The average molecular weight is 1440 g/mol. The highest BCUT2D eigenvalue weighted by Crippen LogP contribution is 2.70. The van der Waals surface area contributed by atoms with Gasteiger partial charge in [-0.25, -0.2) is 0 Å². The van der Waals surface area contributed by atoms with Gasteiger partial charge in [0.2, 0.25) is 23.6 Å². The smallest absolute Gasteiger partial charge is 0.253 e. The number of nitrogens with two attached hydrogens (primary N) is 4. The molecular weight excluding hydrogens is 1310 g/mol. The van der Waals surface area contributed by atoms with Gasteiger partial charge in [-0.15, -0.1) is 0 Å². The normalized spacial score (nSPS) is 35.3. The van der Waals surface area contributed by atoms with Gasteiger partial charge in [0.05, 0.1) is 12.2 Å². The molecule has 578 valence electrons. The number of nitrogens with one attached hydrogen (secondary N) is 8. The topological polar surface area (TPSA) is 377 Å². The monoisotopic (exact) mass is 1440 g/mol. The number of benzene rings is 1. The van der Waals surface area contributed by atoms with Gasteiger partial charge in [0.25, 0.3) is 21.7 Å². The summed E-state index contributed by atoms with van der Waals surface area (Å²) in [4.78, 5) is 105. The zero-order valence-corrected chi connectivity index (χ0v) is 64.0. The molecule has 2 unspecified atom stereocenters. The molecule has 0 aliphatic heterocycles. The molecule has 0 aromatic heterocycles. The fourth-order valence-electron chi connectivity index (χ4n) is 23.9. The fraction of sp³-hybridized carbons (Fsp3) is 0.780. The molecule has 8 saturated carbocycles. The van der Waals surface area contributed by atoms with Crippen molar-refractivity contribution in [3.05, 3.63) is 76.3 Å². The first-order chi connectivity index (χ1) is 49.6. The summed E-state index contributed by atoms with van der Waals surface area (Å²) < 4.78 is 0. The van der Waals surface area contributed by atoms with E-state index in [1.54, 1.807) is 0 Å². The molecule has 3 aromatic carbocycles. The number of hydrogen-bond donors (Lipinski definition) is 14. The zero-order valence-electron chi connectivity index (χ0n) is 64.0. The van der Waals surface area contributed by atoms with Crippen molar-refractivity contribution in [2.45, 2.75) is 284 Å². The highest BCUT2D eigenvalue weighted by atomic mass is 16.3. The molecule has 18 N–H and O–H groups in total. The van der Waals surface area contributed by atoms with Crippen LogP contribution in [-0.4, -0.2) is 108 Å². The van der Waals surface area contributed by atoms with Crippen molar-refractivity contribution in [3.8, 4) is 0 Å². The second kappa shape index (κ2) is 33.4. The van der Waals surface area contributed by atoms with Gasteiger partial charge in [-0.2, -0.15) is 0 Å². The number of carbonyl (C=O) groups excluding carboxylic acids is 4. The lowest BCUT2D eigenvalue weighted by Crippen LogP contribution is -2.65. The maximum Gasteiger partial charge on any atom is 0.253 e. The van der Waals surface area contributed by atoms with E-state index < -0.39 is 33.8 Å². The Morgan fingerprint density at radius 2 is 0.837 bits per heavy atom. The standard InChI is InChI=1S/C82H130N12O10/c1-9-87-69-71(75(101)73(69)99)89-35-13-11-19-61(93-65(97)21-15-17-45(3)53-27-29-55-67-57(41-63(85)81(53,55)7)79(5)33-31-51(95)37-49(79)39-59(67)83)77(103)91-43-47-23-25-48(26-24-47)44-92-78(104)62(20-12-14-36-90-72-70(88-10-2)74(100)76(72)102)94-66(98)22-16-18-46(4)54-28-30-56-68-58(42-64(86)82(54,56)8)80(6)34-32-52(96)38-50(80)40-60(68)84/h23-26,45-46,49-64,67-68,87-90,95-96H,9-22,27-44,83-86H2,1-8H3,(H,91,103)(H,92,104)(H,93,97)(H,94,98)/t45-,46-,49+,50+,51-,52-,53-,54-,55+,56+,57+,58+,59-,60-,61?,62?,63+,64+,67+,68+,79+,80+,81-,82-/m1/s1. The van der Waals surface area contributed by atoms with Crippen LogP contribution in [0, 0.1) is 92.7 Å². The number of aliphatic hydroxyl groups excluding tert-OH is 2. The van der Waals surface area contributed by atoms with Crippen molar-refractivity contribution in [1.82, 2.24) is 21.3 Å². The second-order valence-corrected chi connectivity index (χ2v) is 35.4. The summed E-state index contributed by atoms with van der Waals surface area (Å²) >= 11 is 0. The molecule has 104 heavy (non-hydrogen) atoms. The Kier molecular flexibility index (Phi) is 25.4. The summed E-state index contributed by atoms with van der Waals surface area (Å²) in [6.45, 7) is 20.3. The predicted molar refractivity (Wildman–Crippen MR) is 412 cm³/mol. The lowest BCUT2D eigenvalue weighted by atomic mass is 9.42. The summed E-state index contributed by atoms with van der Waals surface area (Å²) in [5, 5.41) is 45.7. The first-order valence-corrected chi connectivity index (χ1v) is 40.8. The minimum absolute atomic E-state index is 0.0499. The first-order valence-electron chi connectivity index (χ1n) is 40.8. The van der Waals surface area contributed by atoms with Crippen LogP contribution in [0.2, 0.25) is 0 Å². The largest absolute Gasteiger partial charge is 0.393 e. The highest BCUT2D eigenvalue weighted by molar-refractivity contribution is 5.88. The Bertz CT molecular complexity index is 3380. The molecule has 0 saturated heterocycles. The zero-order chi connectivity index (χ0) is 74.7. The molecule has 24 atom stereocenters. The quantitative estimate of drug-likeness (QED) is 0.0199. The number of hydrogen-bond acceptors (Lipinski definition) is 18. The van der Waals surface area contributed by atoms with E-state index in [-0.39, 0.29) is 119 Å². The number of rotatable bonds is 34. The molecule has 8 aliphatic carbocycles. The van der Waals surface area contributed by atoms with Crippen molar-refractivity contribution in [2.75, 3.05) is 47.4 Å². The van der Waals surface area contributed by atoms with Gasteiger partial charge < -0.3 is 75.7 Å². The Morgan fingerprint density at radius 3 is 1.20 bits per heavy atom. The number of aliphatic hydroxyl groups is 2. The highest BCUT2D eigenvalue weighted by Gasteiger charge is 2.67. The number of amides is 4. The Labute approximate surface area is 617 Å². The molecule has 11 rings (SSSR count). The van der Waals surface area contributed by atoms with Gasteiger partial charge in [-0.05, 0) is 272 Å². The molecule has 0 radical (unpaired) electrons.